The van der Waals surface area contributed by atoms with Gasteiger partial charge in [-0.25, -0.2) is 9.59 Å². The van der Waals surface area contributed by atoms with Gasteiger partial charge in [0.2, 0.25) is 0 Å². The number of carbonyl (C=O) groups excluding carboxylic acids is 10. The van der Waals surface area contributed by atoms with Crippen molar-refractivity contribution in [3.8, 4) is 23.0 Å². The fraction of sp³-hybridized carbons (Fsp3) is 0.475. The first-order valence-electron chi connectivity index (χ1n) is 27.2. The maximum absolute atomic E-state index is 13.5. The molecule has 2 unspecified atom stereocenters. The molecule has 3 aromatic carbocycles. The van der Waals surface area contributed by atoms with Crippen molar-refractivity contribution < 1.29 is 95.3 Å². The van der Waals surface area contributed by atoms with Crippen LogP contribution in [0.1, 0.15) is 119 Å². The summed E-state index contributed by atoms with van der Waals surface area (Å²) in [6.07, 6.45) is 4.13. The molecule has 0 heterocycles. The maximum Gasteiger partial charge on any atom is 0.330 e. The molecule has 2 aliphatic rings. The Morgan fingerprint density at radius 3 is 1.19 bits per heavy atom. The Balaban J connectivity index is 0.955. The lowest BCUT2D eigenvalue weighted by Gasteiger charge is -2.27. The van der Waals surface area contributed by atoms with E-state index in [0.717, 1.165) is 23.3 Å². The summed E-state index contributed by atoms with van der Waals surface area (Å²) in [4.78, 5) is 124. The van der Waals surface area contributed by atoms with Crippen LogP contribution in [0, 0.1) is 44.4 Å². The summed E-state index contributed by atoms with van der Waals surface area (Å²) >= 11 is 0. The van der Waals surface area contributed by atoms with E-state index < -0.39 is 95.6 Å². The Kier molecular flexibility index (Phi) is 25.3. The zero-order valence-corrected chi connectivity index (χ0v) is 46.6. The van der Waals surface area contributed by atoms with Gasteiger partial charge in [0.25, 0.3) is 0 Å². The van der Waals surface area contributed by atoms with Gasteiger partial charge in [0.15, 0.2) is 0 Å². The van der Waals surface area contributed by atoms with Crippen molar-refractivity contribution in [3.05, 3.63) is 108 Å². The molecule has 0 amide bonds. The van der Waals surface area contributed by atoms with Crippen LogP contribution in [0.15, 0.2) is 79.9 Å². The Hall–Kier alpha value is -8.16. The van der Waals surface area contributed by atoms with E-state index in [2.05, 4.69) is 13.2 Å². The van der Waals surface area contributed by atoms with E-state index in [0.29, 0.717) is 104 Å². The van der Waals surface area contributed by atoms with Crippen molar-refractivity contribution in [3.63, 3.8) is 0 Å². The summed E-state index contributed by atoms with van der Waals surface area (Å²) in [7, 11) is 0. The lowest BCUT2D eigenvalue weighted by molar-refractivity contribution is -0.157. The molecule has 0 aliphatic heterocycles. The zero-order valence-electron chi connectivity index (χ0n) is 46.6. The predicted molar refractivity (Wildman–Crippen MR) is 288 cm³/mol. The number of benzene rings is 3. The second kappa shape index (κ2) is 32.2. The van der Waals surface area contributed by atoms with Gasteiger partial charge in [-0.1, -0.05) is 37.4 Å². The lowest BCUT2D eigenvalue weighted by Crippen LogP contribution is -2.31. The Labute approximate surface area is 471 Å². The minimum absolute atomic E-state index is 0.0724. The quantitative estimate of drug-likeness (QED) is 0.0286. The molecule has 20 nitrogen and oxygen atoms in total. The average molecular weight is 1130 g/mol. The topological polar surface area (TPSA) is 263 Å². The normalized spacial score (nSPS) is 17.3. The standard InChI is InChI=1S/C61H72O20/c1-8-51(62)74-35-38(4)76-55(66)28-26-53(64)72-32-30-42-10-22-48(23-11-42)78-58(68)44-14-18-46(19-15-44)60(70)80-50-34-37(3)57(41(7)40(50)6)81-61(71)47-20-16-45(17-21-47)59(69)79-49-24-12-43(13-25-49)31-33-73-54(65)27-29-56(67)77-39(5)36-75-52(63)9-2/h8-13,22-25,34,38-39,44-47H,1-2,14-21,26-33,35-36H2,3-7H3/t38?,39?,44-,45-,46-,47-. The molecule has 3 aromatic rings. The van der Waals surface area contributed by atoms with E-state index >= 15 is 0 Å². The first kappa shape index (κ1) is 63.7. The van der Waals surface area contributed by atoms with E-state index in [4.69, 9.17) is 47.4 Å². The largest absolute Gasteiger partial charge is 0.465 e. The molecule has 0 radical (unpaired) electrons. The zero-order chi connectivity index (χ0) is 59.0. The summed E-state index contributed by atoms with van der Waals surface area (Å²) in [5.41, 5.74) is 3.56. The molecule has 0 bridgehead atoms. The third-order valence-corrected chi connectivity index (χ3v) is 13.8. The Morgan fingerprint density at radius 1 is 0.469 bits per heavy atom. The molecule has 0 saturated heterocycles. The number of rotatable bonds is 28. The maximum atomic E-state index is 13.5. The van der Waals surface area contributed by atoms with Crippen LogP contribution < -0.4 is 18.9 Å². The van der Waals surface area contributed by atoms with Crippen LogP contribution in [0.3, 0.4) is 0 Å². The Bertz CT molecular complexity index is 2730. The van der Waals surface area contributed by atoms with Crippen molar-refractivity contribution in [2.45, 2.75) is 137 Å². The SMILES string of the molecule is C=CC(=O)OCC(C)OC(=O)CCC(=O)OCCc1ccc(OC(=O)[C@H]2CC[C@H](C(=O)Oc3cc(C)c(OC(=O)[C@H]4CC[C@H](C(=O)Oc5ccc(CCOC(=O)CCC(=O)OC(C)COC(=O)C=C)cc5)CC4)c(C)c3C)CC2)cc1. The molecular weight excluding hydrogens is 1050 g/mol. The second-order valence-electron chi connectivity index (χ2n) is 20.1. The first-order chi connectivity index (χ1) is 38.7. The number of ether oxygens (including phenoxy) is 10. The Morgan fingerprint density at radius 2 is 0.815 bits per heavy atom. The number of aryl methyl sites for hydroxylation is 1. The van der Waals surface area contributed by atoms with Crippen LogP contribution >= 0.6 is 0 Å². The van der Waals surface area contributed by atoms with Gasteiger partial charge in [0, 0.05) is 25.0 Å². The van der Waals surface area contributed by atoms with Crippen LogP contribution in [0.4, 0.5) is 0 Å². The van der Waals surface area contributed by atoms with Crippen molar-refractivity contribution >= 4 is 59.7 Å². The summed E-state index contributed by atoms with van der Waals surface area (Å²) in [6, 6.07) is 15.3. The smallest absolute Gasteiger partial charge is 0.330 e. The predicted octanol–water partition coefficient (Wildman–Crippen LogP) is 8.30. The molecule has 5 rings (SSSR count). The minimum Gasteiger partial charge on any atom is -0.465 e. The molecule has 436 valence electrons. The van der Waals surface area contributed by atoms with Gasteiger partial charge in [0.1, 0.15) is 48.4 Å². The summed E-state index contributed by atoms with van der Waals surface area (Å²) in [5, 5.41) is 0. The van der Waals surface area contributed by atoms with E-state index in [1.54, 1.807) is 89.2 Å². The van der Waals surface area contributed by atoms with Crippen LogP contribution in [-0.4, -0.2) is 98.3 Å². The lowest BCUT2D eigenvalue weighted by atomic mass is 9.82. The van der Waals surface area contributed by atoms with Crippen LogP contribution in [0.5, 0.6) is 23.0 Å². The molecule has 0 spiro atoms. The number of carbonyl (C=O) groups is 10. The number of esters is 10. The summed E-state index contributed by atoms with van der Waals surface area (Å²) in [5.74, 6) is -5.50. The highest BCUT2D eigenvalue weighted by Crippen LogP contribution is 2.38. The highest BCUT2D eigenvalue weighted by Gasteiger charge is 2.35. The van der Waals surface area contributed by atoms with Gasteiger partial charge in [-0.3, -0.25) is 38.4 Å². The van der Waals surface area contributed by atoms with Gasteiger partial charge in [-0.05, 0) is 144 Å². The summed E-state index contributed by atoms with van der Waals surface area (Å²) in [6.45, 7) is 14.9. The van der Waals surface area contributed by atoms with Gasteiger partial charge in [-0.2, -0.15) is 0 Å². The molecule has 81 heavy (non-hydrogen) atoms. The molecule has 2 aliphatic carbocycles. The van der Waals surface area contributed by atoms with Crippen LogP contribution in [-0.2, 0) is 89.2 Å². The molecule has 0 aromatic heterocycles. The molecule has 2 saturated carbocycles. The van der Waals surface area contributed by atoms with Crippen molar-refractivity contribution in [2.24, 2.45) is 23.7 Å². The van der Waals surface area contributed by atoms with Crippen molar-refractivity contribution in [1.29, 1.82) is 0 Å². The molecule has 2 atom stereocenters. The van der Waals surface area contributed by atoms with E-state index in [1.807, 2.05) is 0 Å². The van der Waals surface area contributed by atoms with E-state index in [-0.39, 0.29) is 52.1 Å². The highest BCUT2D eigenvalue weighted by molar-refractivity contribution is 5.83. The third kappa shape index (κ3) is 21.4. The highest BCUT2D eigenvalue weighted by atomic mass is 16.6. The van der Waals surface area contributed by atoms with Crippen molar-refractivity contribution in [1.82, 2.24) is 0 Å². The fourth-order valence-electron chi connectivity index (χ4n) is 8.91. The van der Waals surface area contributed by atoms with Gasteiger partial charge in [-0.15, -0.1) is 0 Å². The van der Waals surface area contributed by atoms with E-state index in [9.17, 15) is 47.9 Å². The average Bonchev–Trinajstić information content (AvgIpc) is 3.47. The van der Waals surface area contributed by atoms with Crippen LogP contribution in [0.25, 0.3) is 0 Å². The van der Waals surface area contributed by atoms with Crippen molar-refractivity contribution in [2.75, 3.05) is 26.4 Å². The molecule has 2 fully saturated rings. The second-order valence-corrected chi connectivity index (χ2v) is 20.1. The molecule has 20 heteroatoms. The van der Waals surface area contributed by atoms with Gasteiger partial charge >= 0.3 is 59.7 Å². The first-order valence-corrected chi connectivity index (χ1v) is 27.2. The van der Waals surface area contributed by atoms with Crippen LogP contribution in [0.2, 0.25) is 0 Å². The summed E-state index contributed by atoms with van der Waals surface area (Å²) < 4.78 is 53.5. The number of hydrogen-bond donors (Lipinski definition) is 0. The van der Waals surface area contributed by atoms with E-state index in [1.165, 1.54) is 0 Å². The molecule has 0 N–H and O–H groups in total. The molecular formula is C61H72O20. The fourth-order valence-corrected chi connectivity index (χ4v) is 8.91. The monoisotopic (exact) mass is 1120 g/mol. The third-order valence-electron chi connectivity index (χ3n) is 13.8. The number of hydrogen-bond acceptors (Lipinski definition) is 20. The van der Waals surface area contributed by atoms with Gasteiger partial charge in [0.05, 0.1) is 62.6 Å². The van der Waals surface area contributed by atoms with Gasteiger partial charge < -0.3 is 47.4 Å². The minimum atomic E-state index is -0.684.